The SMILES string of the molecule is Cc1cc(C(=O)O)ccc1CCCC(=O)[C@H](O)c1ccc2c(c1)C(C)(C)CCC2(C)C. The number of hydrogen-bond acceptors (Lipinski definition) is 3. The minimum Gasteiger partial charge on any atom is -0.478 e. The number of carboxylic acids is 1. The Hall–Kier alpha value is -2.46. The number of ketones is 1. The van der Waals surface area contributed by atoms with Gasteiger partial charge in [-0.25, -0.2) is 4.79 Å². The van der Waals surface area contributed by atoms with Crippen molar-refractivity contribution in [2.45, 2.75) is 83.7 Å². The Morgan fingerprint density at radius 2 is 1.61 bits per heavy atom. The van der Waals surface area contributed by atoms with E-state index in [2.05, 4.69) is 33.8 Å². The van der Waals surface area contributed by atoms with Crippen LogP contribution in [0.5, 0.6) is 0 Å². The highest BCUT2D eigenvalue weighted by atomic mass is 16.4. The molecular formula is C27H34O4. The third kappa shape index (κ3) is 4.90. The smallest absolute Gasteiger partial charge is 0.335 e. The zero-order valence-corrected chi connectivity index (χ0v) is 19.3. The second kappa shape index (κ2) is 8.58. The summed E-state index contributed by atoms with van der Waals surface area (Å²) in [5.41, 5.74) is 5.57. The Labute approximate surface area is 185 Å². The zero-order valence-electron chi connectivity index (χ0n) is 19.3. The molecule has 0 aliphatic heterocycles. The number of carbonyl (C=O) groups is 2. The molecular weight excluding hydrogens is 388 g/mol. The molecule has 166 valence electrons. The summed E-state index contributed by atoms with van der Waals surface area (Å²) < 4.78 is 0. The predicted octanol–water partition coefficient (Wildman–Crippen LogP) is 5.67. The molecule has 0 bridgehead atoms. The first-order valence-corrected chi connectivity index (χ1v) is 11.1. The number of aromatic carboxylic acids is 1. The van der Waals surface area contributed by atoms with Gasteiger partial charge in [0.15, 0.2) is 5.78 Å². The van der Waals surface area contributed by atoms with Crippen molar-refractivity contribution in [3.63, 3.8) is 0 Å². The lowest BCUT2D eigenvalue weighted by atomic mass is 9.63. The summed E-state index contributed by atoms with van der Waals surface area (Å²) >= 11 is 0. The van der Waals surface area contributed by atoms with Crippen LogP contribution in [0.1, 0.15) is 97.7 Å². The molecule has 0 unspecified atom stereocenters. The minimum atomic E-state index is -1.11. The third-order valence-corrected chi connectivity index (χ3v) is 6.96. The standard InChI is InChI=1S/C27H34O4/c1-17-15-20(25(30)31)10-9-18(17)7-6-8-23(28)24(29)19-11-12-21-22(16-19)27(4,5)14-13-26(21,2)3/h9-12,15-16,24,29H,6-8,13-14H2,1-5H3,(H,30,31)/t24-/m1/s1. The van der Waals surface area contributed by atoms with Crippen molar-refractivity contribution in [2.24, 2.45) is 0 Å². The van der Waals surface area contributed by atoms with Gasteiger partial charge in [0.2, 0.25) is 0 Å². The summed E-state index contributed by atoms with van der Waals surface area (Å²) in [6.45, 7) is 10.9. The van der Waals surface area contributed by atoms with Crippen molar-refractivity contribution in [1.82, 2.24) is 0 Å². The highest BCUT2D eigenvalue weighted by Gasteiger charge is 2.37. The van der Waals surface area contributed by atoms with E-state index in [1.54, 1.807) is 12.1 Å². The lowest BCUT2D eigenvalue weighted by Gasteiger charge is -2.42. The number of carboxylic acid groups (broad SMARTS) is 1. The molecule has 0 radical (unpaired) electrons. The fraction of sp³-hybridized carbons (Fsp3) is 0.481. The number of aliphatic hydroxyl groups is 1. The third-order valence-electron chi connectivity index (χ3n) is 6.96. The van der Waals surface area contributed by atoms with Gasteiger partial charge in [-0.05, 0) is 83.4 Å². The highest BCUT2D eigenvalue weighted by Crippen LogP contribution is 2.46. The Kier molecular flexibility index (Phi) is 6.43. The minimum absolute atomic E-state index is 0.0310. The molecule has 2 N–H and O–H groups in total. The molecule has 2 aromatic carbocycles. The van der Waals surface area contributed by atoms with E-state index in [0.717, 1.165) is 24.0 Å². The maximum absolute atomic E-state index is 12.7. The molecule has 1 atom stereocenters. The number of carbonyl (C=O) groups excluding carboxylic acids is 1. The first-order chi connectivity index (χ1) is 14.4. The Balaban J connectivity index is 1.68. The molecule has 1 aliphatic carbocycles. The Bertz CT molecular complexity index is 1000. The number of rotatable bonds is 7. The molecule has 0 amide bonds. The maximum Gasteiger partial charge on any atom is 0.335 e. The summed E-state index contributed by atoms with van der Waals surface area (Å²) in [5.74, 6) is -1.11. The summed E-state index contributed by atoms with van der Waals surface area (Å²) in [5, 5.41) is 19.8. The van der Waals surface area contributed by atoms with Gasteiger partial charge in [-0.2, -0.15) is 0 Å². The summed E-state index contributed by atoms with van der Waals surface area (Å²) in [6.07, 6.45) is 2.68. The normalized spacial score (nSPS) is 17.6. The van der Waals surface area contributed by atoms with Crippen LogP contribution < -0.4 is 0 Å². The van der Waals surface area contributed by atoms with Crippen molar-refractivity contribution < 1.29 is 19.8 Å². The first-order valence-electron chi connectivity index (χ1n) is 11.1. The van der Waals surface area contributed by atoms with Crippen LogP contribution in [0.3, 0.4) is 0 Å². The van der Waals surface area contributed by atoms with Crippen molar-refractivity contribution in [1.29, 1.82) is 0 Å². The molecule has 0 heterocycles. The predicted molar refractivity (Wildman–Crippen MR) is 123 cm³/mol. The van der Waals surface area contributed by atoms with Gasteiger partial charge in [0.05, 0.1) is 5.56 Å². The van der Waals surface area contributed by atoms with Crippen molar-refractivity contribution in [3.8, 4) is 0 Å². The van der Waals surface area contributed by atoms with Crippen LogP contribution in [0.25, 0.3) is 0 Å². The van der Waals surface area contributed by atoms with Crippen molar-refractivity contribution >= 4 is 11.8 Å². The van der Waals surface area contributed by atoms with Crippen LogP contribution in [-0.2, 0) is 22.0 Å². The second-order valence-corrected chi connectivity index (χ2v) is 10.2. The summed E-state index contributed by atoms with van der Waals surface area (Å²) in [7, 11) is 0. The first kappa shape index (κ1) is 23.2. The number of hydrogen-bond donors (Lipinski definition) is 2. The van der Waals surface area contributed by atoms with Crippen LogP contribution in [0.2, 0.25) is 0 Å². The van der Waals surface area contributed by atoms with E-state index in [1.165, 1.54) is 11.1 Å². The number of benzene rings is 2. The van der Waals surface area contributed by atoms with Gasteiger partial charge in [-0.1, -0.05) is 52.0 Å². The topological polar surface area (TPSA) is 74.6 Å². The second-order valence-electron chi connectivity index (χ2n) is 10.2. The van der Waals surface area contributed by atoms with Gasteiger partial charge in [0, 0.05) is 6.42 Å². The Morgan fingerprint density at radius 3 is 2.23 bits per heavy atom. The van der Waals surface area contributed by atoms with Crippen LogP contribution >= 0.6 is 0 Å². The molecule has 0 spiro atoms. The molecule has 0 saturated heterocycles. The number of aryl methyl sites for hydroxylation is 2. The van der Waals surface area contributed by atoms with E-state index in [9.17, 15) is 14.7 Å². The number of fused-ring (bicyclic) bond motifs is 1. The van der Waals surface area contributed by atoms with E-state index in [-0.39, 0.29) is 28.6 Å². The van der Waals surface area contributed by atoms with Gasteiger partial charge >= 0.3 is 5.97 Å². The van der Waals surface area contributed by atoms with E-state index in [1.807, 2.05) is 25.1 Å². The quantitative estimate of drug-likeness (QED) is 0.603. The molecule has 1 aliphatic rings. The average molecular weight is 423 g/mol. The van der Waals surface area contributed by atoms with Crippen LogP contribution in [-0.4, -0.2) is 22.0 Å². The van der Waals surface area contributed by atoms with Gasteiger partial charge in [0.25, 0.3) is 0 Å². The van der Waals surface area contributed by atoms with E-state index in [4.69, 9.17) is 5.11 Å². The molecule has 3 rings (SSSR count). The molecule has 0 fully saturated rings. The molecule has 0 saturated carbocycles. The number of aliphatic hydroxyl groups excluding tert-OH is 1. The molecule has 4 heteroatoms. The average Bonchev–Trinajstić information content (AvgIpc) is 2.71. The van der Waals surface area contributed by atoms with Crippen LogP contribution in [0, 0.1) is 6.92 Å². The molecule has 31 heavy (non-hydrogen) atoms. The highest BCUT2D eigenvalue weighted by molar-refractivity contribution is 5.88. The number of Topliss-reactive ketones (excluding diaryl/α,β-unsaturated/α-hetero) is 1. The van der Waals surface area contributed by atoms with Crippen molar-refractivity contribution in [3.05, 3.63) is 69.8 Å². The van der Waals surface area contributed by atoms with Crippen LogP contribution in [0.15, 0.2) is 36.4 Å². The van der Waals surface area contributed by atoms with Gasteiger partial charge < -0.3 is 10.2 Å². The largest absolute Gasteiger partial charge is 0.478 e. The fourth-order valence-corrected chi connectivity index (χ4v) is 4.66. The van der Waals surface area contributed by atoms with Crippen LogP contribution in [0.4, 0.5) is 0 Å². The summed E-state index contributed by atoms with van der Waals surface area (Å²) in [4.78, 5) is 23.8. The van der Waals surface area contributed by atoms with E-state index >= 15 is 0 Å². The lowest BCUT2D eigenvalue weighted by molar-refractivity contribution is -0.127. The van der Waals surface area contributed by atoms with Gasteiger partial charge in [0.1, 0.15) is 6.10 Å². The monoisotopic (exact) mass is 422 g/mol. The Morgan fingerprint density at radius 1 is 0.968 bits per heavy atom. The summed E-state index contributed by atoms with van der Waals surface area (Å²) in [6, 6.07) is 11.1. The van der Waals surface area contributed by atoms with E-state index in [0.29, 0.717) is 18.4 Å². The van der Waals surface area contributed by atoms with E-state index < -0.39 is 12.1 Å². The molecule has 2 aromatic rings. The van der Waals surface area contributed by atoms with Crippen molar-refractivity contribution in [2.75, 3.05) is 0 Å². The fourth-order valence-electron chi connectivity index (χ4n) is 4.66. The van der Waals surface area contributed by atoms with Gasteiger partial charge in [-0.15, -0.1) is 0 Å². The molecule has 4 nitrogen and oxygen atoms in total. The lowest BCUT2D eigenvalue weighted by Crippen LogP contribution is -2.34. The maximum atomic E-state index is 12.7. The molecule has 0 aromatic heterocycles. The van der Waals surface area contributed by atoms with Gasteiger partial charge in [-0.3, -0.25) is 4.79 Å². The zero-order chi connectivity index (χ0) is 23.0.